The second-order valence-electron chi connectivity index (χ2n) is 7.38. The van der Waals surface area contributed by atoms with Crippen LogP contribution in [0.25, 0.3) is 20.7 Å². The number of anilines is 1. The summed E-state index contributed by atoms with van der Waals surface area (Å²) in [5, 5.41) is 5.59. The fourth-order valence-corrected chi connectivity index (χ4v) is 5.48. The molecule has 3 heterocycles. The van der Waals surface area contributed by atoms with Gasteiger partial charge in [0.2, 0.25) is 0 Å². The Labute approximate surface area is 209 Å². The molecule has 0 atom stereocenters. The molecule has 2 aromatic carbocycles. The fourth-order valence-electron chi connectivity index (χ4n) is 3.49. The summed E-state index contributed by atoms with van der Waals surface area (Å²) in [5.41, 5.74) is 8.05. The number of amides is 1. The highest BCUT2D eigenvalue weighted by Crippen LogP contribution is 2.38. The van der Waals surface area contributed by atoms with Crippen molar-refractivity contribution >= 4 is 56.2 Å². The molecule has 0 saturated heterocycles. The monoisotopic (exact) mass is 506 g/mol. The first-order valence-electron chi connectivity index (χ1n) is 10.4. The smallest absolute Gasteiger partial charge is 0.273 e. The third-order valence-electron chi connectivity index (χ3n) is 5.10. The summed E-state index contributed by atoms with van der Waals surface area (Å²) in [6, 6.07) is 18.6. The first kappa shape index (κ1) is 22.3. The summed E-state index contributed by atoms with van der Waals surface area (Å²) in [6.07, 6.45) is 0. The third kappa shape index (κ3) is 4.61. The highest BCUT2D eigenvalue weighted by atomic mass is 35.5. The average molecular weight is 507 g/mol. The Hall–Kier alpha value is -3.46. The maximum atomic E-state index is 13.1. The lowest BCUT2D eigenvalue weighted by molar-refractivity contribution is 0.0958. The predicted octanol–water partition coefficient (Wildman–Crippen LogP) is 6.72. The van der Waals surface area contributed by atoms with Crippen LogP contribution in [0.5, 0.6) is 5.75 Å². The SMILES string of the molecule is Cc1nc(NNC(=O)c2ccccc2OCc2ccccc2Cl)c2c(-c3cccs3)csc2n1. The van der Waals surface area contributed by atoms with E-state index in [9.17, 15) is 4.79 Å². The summed E-state index contributed by atoms with van der Waals surface area (Å²) < 4.78 is 5.93. The molecule has 0 spiro atoms. The molecular weight excluding hydrogens is 488 g/mol. The van der Waals surface area contributed by atoms with E-state index in [1.54, 1.807) is 40.9 Å². The molecule has 0 radical (unpaired) electrons. The van der Waals surface area contributed by atoms with Crippen LogP contribution < -0.4 is 15.6 Å². The van der Waals surface area contributed by atoms with Gasteiger partial charge in [-0.2, -0.15) is 0 Å². The van der Waals surface area contributed by atoms with Crippen molar-refractivity contribution in [2.45, 2.75) is 13.5 Å². The minimum Gasteiger partial charge on any atom is -0.488 e. The lowest BCUT2D eigenvalue weighted by Gasteiger charge is -2.14. The van der Waals surface area contributed by atoms with Crippen molar-refractivity contribution < 1.29 is 9.53 Å². The Morgan fingerprint density at radius 3 is 2.68 bits per heavy atom. The number of carbonyl (C=O) groups excluding carboxylic acids is 1. The van der Waals surface area contributed by atoms with Gasteiger partial charge in [-0.25, -0.2) is 9.97 Å². The van der Waals surface area contributed by atoms with Crippen molar-refractivity contribution in [3.63, 3.8) is 0 Å². The molecule has 0 aliphatic heterocycles. The zero-order valence-corrected chi connectivity index (χ0v) is 20.4. The average Bonchev–Trinajstić information content (AvgIpc) is 3.52. The lowest BCUT2D eigenvalue weighted by Crippen LogP contribution is -2.30. The van der Waals surface area contributed by atoms with Crippen LogP contribution in [-0.2, 0) is 6.61 Å². The maximum absolute atomic E-state index is 13.1. The zero-order valence-electron chi connectivity index (χ0n) is 18.0. The molecule has 5 rings (SSSR count). The maximum Gasteiger partial charge on any atom is 0.273 e. The van der Waals surface area contributed by atoms with Crippen LogP contribution >= 0.6 is 34.3 Å². The van der Waals surface area contributed by atoms with E-state index >= 15 is 0 Å². The van der Waals surface area contributed by atoms with Crippen molar-refractivity contribution in [3.8, 4) is 16.2 Å². The number of ether oxygens (including phenoxy) is 1. The van der Waals surface area contributed by atoms with E-state index < -0.39 is 0 Å². The molecule has 170 valence electrons. The second kappa shape index (κ2) is 9.80. The van der Waals surface area contributed by atoms with Gasteiger partial charge in [0.05, 0.1) is 10.9 Å². The van der Waals surface area contributed by atoms with Gasteiger partial charge in [-0.15, -0.1) is 22.7 Å². The molecule has 9 heteroatoms. The van der Waals surface area contributed by atoms with E-state index in [1.165, 1.54) is 0 Å². The van der Waals surface area contributed by atoms with Crippen LogP contribution in [0.4, 0.5) is 5.82 Å². The van der Waals surface area contributed by atoms with E-state index in [-0.39, 0.29) is 12.5 Å². The number of hydrazine groups is 1. The van der Waals surface area contributed by atoms with Crippen LogP contribution in [0, 0.1) is 6.92 Å². The van der Waals surface area contributed by atoms with Crippen molar-refractivity contribution in [3.05, 3.63) is 93.4 Å². The number of nitrogens with zero attached hydrogens (tertiary/aromatic N) is 2. The first-order valence-corrected chi connectivity index (χ1v) is 12.5. The van der Waals surface area contributed by atoms with Crippen LogP contribution in [-0.4, -0.2) is 15.9 Å². The number of aromatic nitrogens is 2. The van der Waals surface area contributed by atoms with Crippen molar-refractivity contribution in [2.75, 3.05) is 5.43 Å². The number of thiophene rings is 2. The van der Waals surface area contributed by atoms with Crippen LogP contribution in [0.3, 0.4) is 0 Å². The quantitative estimate of drug-likeness (QED) is 0.240. The van der Waals surface area contributed by atoms with Gasteiger partial charge < -0.3 is 4.74 Å². The van der Waals surface area contributed by atoms with E-state index in [2.05, 4.69) is 32.3 Å². The molecule has 0 bridgehead atoms. The molecule has 0 fully saturated rings. The van der Waals surface area contributed by atoms with Crippen molar-refractivity contribution in [2.24, 2.45) is 0 Å². The normalized spacial score (nSPS) is 10.9. The van der Waals surface area contributed by atoms with Crippen LogP contribution in [0.15, 0.2) is 71.4 Å². The Kier molecular flexibility index (Phi) is 6.44. The van der Waals surface area contributed by atoms with Crippen LogP contribution in [0.2, 0.25) is 5.02 Å². The number of hydrogen-bond acceptors (Lipinski definition) is 7. The van der Waals surface area contributed by atoms with E-state index in [0.29, 0.717) is 28.0 Å². The Bertz CT molecular complexity index is 1470. The Morgan fingerprint density at radius 1 is 1.03 bits per heavy atom. The second-order valence-corrected chi connectivity index (χ2v) is 9.59. The molecule has 3 aromatic heterocycles. The number of carbonyl (C=O) groups is 1. The zero-order chi connectivity index (χ0) is 23.5. The van der Waals surface area contributed by atoms with Gasteiger partial charge in [0.15, 0.2) is 5.82 Å². The summed E-state index contributed by atoms with van der Waals surface area (Å²) in [4.78, 5) is 24.1. The number of nitrogens with one attached hydrogen (secondary N) is 2. The predicted molar refractivity (Wildman–Crippen MR) is 139 cm³/mol. The Balaban J connectivity index is 1.37. The van der Waals surface area contributed by atoms with Gasteiger partial charge in [0.25, 0.3) is 5.91 Å². The molecule has 0 unspecified atom stereocenters. The molecule has 0 aliphatic carbocycles. The molecule has 0 aliphatic rings. The first-order chi connectivity index (χ1) is 16.6. The van der Waals surface area contributed by atoms with Gasteiger partial charge in [-0.3, -0.25) is 15.6 Å². The van der Waals surface area contributed by atoms with Gasteiger partial charge in [0.1, 0.15) is 23.0 Å². The van der Waals surface area contributed by atoms with E-state index in [0.717, 1.165) is 26.2 Å². The minimum absolute atomic E-state index is 0.252. The van der Waals surface area contributed by atoms with Crippen molar-refractivity contribution in [1.29, 1.82) is 0 Å². The number of para-hydroxylation sites is 1. The lowest BCUT2D eigenvalue weighted by atomic mass is 10.2. The number of aryl methyl sites for hydroxylation is 1. The molecule has 6 nitrogen and oxygen atoms in total. The number of hydrogen-bond donors (Lipinski definition) is 2. The molecule has 1 amide bonds. The highest BCUT2D eigenvalue weighted by Gasteiger charge is 2.17. The van der Waals surface area contributed by atoms with E-state index in [1.807, 2.05) is 48.7 Å². The molecule has 2 N–H and O–H groups in total. The van der Waals surface area contributed by atoms with Gasteiger partial charge in [-0.1, -0.05) is 48.0 Å². The molecule has 34 heavy (non-hydrogen) atoms. The Morgan fingerprint density at radius 2 is 1.85 bits per heavy atom. The van der Waals surface area contributed by atoms with Gasteiger partial charge in [0, 0.05) is 26.4 Å². The minimum atomic E-state index is -0.341. The molecular formula is C25H19ClN4O2S2. The number of benzene rings is 2. The topological polar surface area (TPSA) is 76.1 Å². The highest BCUT2D eigenvalue weighted by molar-refractivity contribution is 7.18. The van der Waals surface area contributed by atoms with E-state index in [4.69, 9.17) is 16.3 Å². The van der Waals surface area contributed by atoms with Gasteiger partial charge >= 0.3 is 0 Å². The van der Waals surface area contributed by atoms with Crippen molar-refractivity contribution in [1.82, 2.24) is 15.4 Å². The van der Waals surface area contributed by atoms with Crippen LogP contribution in [0.1, 0.15) is 21.7 Å². The molecule has 5 aromatic rings. The number of fused-ring (bicyclic) bond motifs is 1. The third-order valence-corrected chi connectivity index (χ3v) is 7.24. The largest absolute Gasteiger partial charge is 0.488 e. The summed E-state index contributed by atoms with van der Waals surface area (Å²) in [7, 11) is 0. The molecule has 0 saturated carbocycles. The summed E-state index contributed by atoms with van der Waals surface area (Å²) in [6.45, 7) is 2.08. The summed E-state index contributed by atoms with van der Waals surface area (Å²) in [5.74, 6) is 1.29. The van der Waals surface area contributed by atoms with Gasteiger partial charge in [-0.05, 0) is 36.6 Å². The number of rotatable bonds is 7. The fraction of sp³-hybridized carbons (Fsp3) is 0.0800. The summed E-state index contributed by atoms with van der Waals surface area (Å²) >= 11 is 9.43. The number of halogens is 1. The standard InChI is InChI=1S/C25H19ClN4O2S2/c1-15-27-23(22-18(14-34-25(22)28-15)21-11-6-12-33-21)29-30-24(31)17-8-3-5-10-20(17)32-13-16-7-2-4-9-19(16)26/h2-12,14H,13H2,1H3,(H,30,31)(H,27,28,29).